The first-order chi connectivity index (χ1) is 12.8. The first-order valence-corrected chi connectivity index (χ1v) is 10.4. The van der Waals surface area contributed by atoms with Crippen LogP contribution in [0.5, 0.6) is 0 Å². The van der Waals surface area contributed by atoms with Gasteiger partial charge in [-0.15, -0.1) is 11.8 Å². The highest BCUT2D eigenvalue weighted by molar-refractivity contribution is 7.98. The summed E-state index contributed by atoms with van der Waals surface area (Å²) in [6, 6.07) is 17.5. The molecular formula is C22H26N2O2S. The van der Waals surface area contributed by atoms with E-state index >= 15 is 0 Å². The topological polar surface area (TPSA) is 49.4 Å². The van der Waals surface area contributed by atoms with E-state index in [4.69, 9.17) is 0 Å². The number of carbonyl (C=O) groups excluding carboxylic acids is 2. The number of thioether (sulfide) groups is 1. The Labute approximate surface area is 165 Å². The third-order valence-corrected chi connectivity index (χ3v) is 6.33. The molecule has 0 aromatic heterocycles. The van der Waals surface area contributed by atoms with E-state index in [-0.39, 0.29) is 11.8 Å². The summed E-state index contributed by atoms with van der Waals surface area (Å²) in [5, 5.41) is 3.03. The second-order valence-electron chi connectivity index (χ2n) is 7.63. The van der Waals surface area contributed by atoms with Gasteiger partial charge in [-0.1, -0.05) is 42.5 Å². The highest BCUT2D eigenvalue weighted by Crippen LogP contribution is 2.37. The molecule has 2 aromatic rings. The first kappa shape index (κ1) is 19.5. The Balaban J connectivity index is 1.80. The molecule has 1 fully saturated rings. The SMILES string of the molecule is CSc1ccccc1NC(=O)C1(C)CCN1C(=O)C(C)(C)c1ccccc1. The van der Waals surface area contributed by atoms with Crippen LogP contribution in [0.3, 0.4) is 0 Å². The zero-order chi connectivity index (χ0) is 19.7. The number of rotatable bonds is 5. The minimum Gasteiger partial charge on any atom is -0.327 e. The lowest BCUT2D eigenvalue weighted by Gasteiger charge is -2.51. The third-order valence-electron chi connectivity index (χ3n) is 5.54. The second-order valence-corrected chi connectivity index (χ2v) is 8.47. The zero-order valence-electron chi connectivity index (χ0n) is 16.3. The molecule has 0 bridgehead atoms. The minimum absolute atomic E-state index is 0.0178. The monoisotopic (exact) mass is 382 g/mol. The Kier molecular flexibility index (Phi) is 5.33. The number of amides is 2. The van der Waals surface area contributed by atoms with Gasteiger partial charge in [0.05, 0.1) is 11.1 Å². The number of nitrogens with zero attached hydrogens (tertiary/aromatic N) is 1. The van der Waals surface area contributed by atoms with Gasteiger partial charge < -0.3 is 10.2 Å². The van der Waals surface area contributed by atoms with E-state index in [1.807, 2.05) is 81.6 Å². The number of nitrogens with one attached hydrogen (secondary N) is 1. The lowest BCUT2D eigenvalue weighted by Crippen LogP contribution is -2.68. The van der Waals surface area contributed by atoms with E-state index in [9.17, 15) is 9.59 Å². The molecule has 0 aliphatic carbocycles. The van der Waals surface area contributed by atoms with Gasteiger partial charge >= 0.3 is 0 Å². The fraction of sp³-hybridized carbons (Fsp3) is 0.364. The van der Waals surface area contributed by atoms with Gasteiger partial charge in [0.15, 0.2) is 0 Å². The summed E-state index contributed by atoms with van der Waals surface area (Å²) in [5.74, 6) is -0.150. The third kappa shape index (κ3) is 3.48. The Morgan fingerprint density at radius 1 is 1.07 bits per heavy atom. The number of carbonyl (C=O) groups is 2. The molecule has 3 rings (SSSR count). The lowest BCUT2D eigenvalue weighted by molar-refractivity contribution is -0.158. The van der Waals surface area contributed by atoms with Crippen LogP contribution in [0.25, 0.3) is 0 Å². The molecule has 0 saturated carbocycles. The molecule has 2 amide bonds. The van der Waals surface area contributed by atoms with Crippen LogP contribution in [0.2, 0.25) is 0 Å². The van der Waals surface area contributed by atoms with Crippen molar-refractivity contribution in [3.8, 4) is 0 Å². The van der Waals surface area contributed by atoms with E-state index in [1.54, 1.807) is 16.7 Å². The molecule has 1 unspecified atom stereocenters. The highest BCUT2D eigenvalue weighted by Gasteiger charge is 2.52. The molecule has 2 aromatic carbocycles. The van der Waals surface area contributed by atoms with E-state index in [1.165, 1.54) is 0 Å². The summed E-state index contributed by atoms with van der Waals surface area (Å²) in [6.45, 7) is 6.30. The van der Waals surface area contributed by atoms with Gasteiger partial charge in [-0.3, -0.25) is 9.59 Å². The van der Waals surface area contributed by atoms with Gasteiger partial charge in [-0.2, -0.15) is 0 Å². The normalized spacial score (nSPS) is 19.3. The van der Waals surface area contributed by atoms with Crippen molar-refractivity contribution < 1.29 is 9.59 Å². The molecule has 1 aliphatic rings. The van der Waals surface area contributed by atoms with Crippen molar-refractivity contribution in [3.05, 3.63) is 60.2 Å². The van der Waals surface area contributed by atoms with Crippen LogP contribution in [-0.2, 0) is 15.0 Å². The number of para-hydroxylation sites is 1. The average molecular weight is 383 g/mol. The number of hydrogen-bond acceptors (Lipinski definition) is 3. The number of benzene rings is 2. The van der Waals surface area contributed by atoms with E-state index in [0.29, 0.717) is 13.0 Å². The molecule has 1 saturated heterocycles. The molecule has 0 radical (unpaired) electrons. The van der Waals surface area contributed by atoms with Crippen LogP contribution in [0.1, 0.15) is 32.8 Å². The first-order valence-electron chi connectivity index (χ1n) is 9.13. The lowest BCUT2D eigenvalue weighted by atomic mass is 9.77. The minimum atomic E-state index is -0.825. The maximum atomic E-state index is 13.3. The van der Waals surface area contributed by atoms with Crippen LogP contribution in [0.15, 0.2) is 59.5 Å². The standard InChI is InChI=1S/C22H26N2O2S/c1-21(2,16-10-6-5-7-11-16)20(26)24-15-14-22(24,3)19(25)23-17-12-8-9-13-18(17)27-4/h5-13H,14-15H2,1-4H3,(H,23,25). The quantitative estimate of drug-likeness (QED) is 0.784. The highest BCUT2D eigenvalue weighted by atomic mass is 32.2. The van der Waals surface area contributed by atoms with Gasteiger partial charge in [0.1, 0.15) is 5.54 Å². The van der Waals surface area contributed by atoms with Crippen molar-refractivity contribution >= 4 is 29.3 Å². The Hall–Kier alpha value is -2.27. The summed E-state index contributed by atoms with van der Waals surface area (Å²) < 4.78 is 0. The summed E-state index contributed by atoms with van der Waals surface area (Å²) in [4.78, 5) is 29.1. The van der Waals surface area contributed by atoms with Crippen molar-refractivity contribution in [3.63, 3.8) is 0 Å². The van der Waals surface area contributed by atoms with E-state index in [2.05, 4.69) is 5.32 Å². The van der Waals surface area contributed by atoms with Gasteiger partial charge in [0, 0.05) is 11.4 Å². The Morgan fingerprint density at radius 2 is 1.70 bits per heavy atom. The summed E-state index contributed by atoms with van der Waals surface area (Å²) in [6.07, 6.45) is 2.64. The van der Waals surface area contributed by atoms with Crippen molar-refractivity contribution in [1.82, 2.24) is 4.90 Å². The summed E-state index contributed by atoms with van der Waals surface area (Å²) in [5.41, 5.74) is 0.241. The van der Waals surface area contributed by atoms with Gasteiger partial charge in [0.2, 0.25) is 11.8 Å². The molecule has 27 heavy (non-hydrogen) atoms. The molecule has 5 heteroatoms. The molecule has 1 N–H and O–H groups in total. The van der Waals surface area contributed by atoms with Crippen LogP contribution >= 0.6 is 11.8 Å². The smallest absolute Gasteiger partial charge is 0.250 e. The molecule has 1 heterocycles. The predicted molar refractivity (Wildman–Crippen MR) is 111 cm³/mol. The van der Waals surface area contributed by atoms with Crippen LogP contribution in [0, 0.1) is 0 Å². The van der Waals surface area contributed by atoms with E-state index < -0.39 is 11.0 Å². The van der Waals surface area contributed by atoms with E-state index in [0.717, 1.165) is 16.1 Å². The van der Waals surface area contributed by atoms with Gasteiger partial charge in [-0.05, 0) is 51.1 Å². The Bertz CT molecular complexity index is 850. The van der Waals surface area contributed by atoms with Crippen molar-refractivity contribution in [2.24, 2.45) is 0 Å². The average Bonchev–Trinajstić information content (AvgIpc) is 2.67. The van der Waals surface area contributed by atoms with Crippen molar-refractivity contribution in [1.29, 1.82) is 0 Å². The molecule has 0 spiro atoms. The fourth-order valence-corrected chi connectivity index (χ4v) is 3.99. The fourth-order valence-electron chi connectivity index (χ4n) is 3.44. The number of anilines is 1. The maximum Gasteiger partial charge on any atom is 0.250 e. The maximum absolute atomic E-state index is 13.3. The predicted octanol–water partition coefficient (Wildman–Crippen LogP) is 4.32. The van der Waals surface area contributed by atoms with Crippen LogP contribution in [0.4, 0.5) is 5.69 Å². The summed E-state index contributed by atoms with van der Waals surface area (Å²) >= 11 is 1.59. The molecular weight excluding hydrogens is 356 g/mol. The summed E-state index contributed by atoms with van der Waals surface area (Å²) in [7, 11) is 0. The van der Waals surface area contributed by atoms with Gasteiger partial charge in [-0.25, -0.2) is 0 Å². The zero-order valence-corrected chi connectivity index (χ0v) is 17.1. The van der Waals surface area contributed by atoms with Crippen LogP contribution in [-0.4, -0.2) is 35.1 Å². The second kappa shape index (κ2) is 7.39. The van der Waals surface area contributed by atoms with Crippen LogP contribution < -0.4 is 5.32 Å². The largest absolute Gasteiger partial charge is 0.327 e. The molecule has 1 aliphatic heterocycles. The molecule has 142 valence electrons. The Morgan fingerprint density at radius 3 is 2.30 bits per heavy atom. The van der Waals surface area contributed by atoms with Gasteiger partial charge in [0.25, 0.3) is 0 Å². The van der Waals surface area contributed by atoms with Crippen molar-refractivity contribution in [2.45, 2.75) is 43.0 Å². The number of likely N-dealkylation sites (tertiary alicyclic amines) is 1. The van der Waals surface area contributed by atoms with Crippen molar-refractivity contribution in [2.75, 3.05) is 18.1 Å². The number of hydrogen-bond donors (Lipinski definition) is 1. The molecule has 1 atom stereocenters. The molecule has 4 nitrogen and oxygen atoms in total.